The summed E-state index contributed by atoms with van der Waals surface area (Å²) in [4.78, 5) is 0.229. The van der Waals surface area contributed by atoms with Crippen molar-refractivity contribution < 1.29 is 17.9 Å². The highest BCUT2D eigenvalue weighted by Crippen LogP contribution is 2.40. The molecule has 6 nitrogen and oxygen atoms in total. The fourth-order valence-electron chi connectivity index (χ4n) is 3.75. The molecule has 0 saturated heterocycles. The number of nitrogens with one attached hydrogen (secondary N) is 1. The van der Waals surface area contributed by atoms with Crippen molar-refractivity contribution in [3.8, 4) is 0 Å². The molecule has 0 radical (unpaired) electrons. The van der Waals surface area contributed by atoms with E-state index in [9.17, 15) is 8.42 Å². The Morgan fingerprint density at radius 3 is 2.50 bits per heavy atom. The minimum Gasteiger partial charge on any atom is -0.353 e. The van der Waals surface area contributed by atoms with Crippen molar-refractivity contribution in [1.82, 2.24) is 5.32 Å². The van der Waals surface area contributed by atoms with Crippen molar-refractivity contribution in [3.63, 3.8) is 0 Å². The topological polar surface area (TPSA) is 67.9 Å². The number of ether oxygens (including phenoxy) is 2. The van der Waals surface area contributed by atoms with E-state index in [2.05, 4.69) is 5.32 Å². The van der Waals surface area contributed by atoms with Crippen LogP contribution < -0.4 is 9.62 Å². The first kappa shape index (κ1) is 23.0. The predicted octanol–water partition coefficient (Wildman–Crippen LogP) is 4.34. The zero-order valence-corrected chi connectivity index (χ0v) is 19.2. The summed E-state index contributed by atoms with van der Waals surface area (Å²) in [5.74, 6) is 0. The lowest BCUT2D eigenvalue weighted by atomic mass is 9.96. The molecule has 1 unspecified atom stereocenters. The summed E-state index contributed by atoms with van der Waals surface area (Å²) in [6, 6.07) is 12.4. The number of halogens is 1. The fraction of sp³-hybridized carbons (Fsp3) is 0.455. The SMILES string of the molecule is CCOC(CCCNC1c2ccccc2N(C)S(=O)(=O)c2cc(Cl)ccc21)OCC. The molecule has 8 heteroatoms. The highest BCUT2D eigenvalue weighted by atomic mass is 35.5. The van der Waals surface area contributed by atoms with Crippen LogP contribution in [0.1, 0.15) is 43.9 Å². The second-order valence-corrected chi connectivity index (χ2v) is 9.46. The number of hydrogen-bond donors (Lipinski definition) is 1. The Hall–Kier alpha value is -1.64. The summed E-state index contributed by atoms with van der Waals surface area (Å²) in [6.07, 6.45) is 1.37. The van der Waals surface area contributed by atoms with E-state index in [0.29, 0.717) is 36.0 Å². The van der Waals surface area contributed by atoms with Gasteiger partial charge in [0.15, 0.2) is 6.29 Å². The maximum Gasteiger partial charge on any atom is 0.264 e. The predicted molar refractivity (Wildman–Crippen MR) is 120 cm³/mol. The van der Waals surface area contributed by atoms with E-state index < -0.39 is 10.0 Å². The quantitative estimate of drug-likeness (QED) is 0.453. The second-order valence-electron chi connectivity index (χ2n) is 7.08. The smallest absolute Gasteiger partial charge is 0.264 e. The number of anilines is 1. The molecule has 0 bridgehead atoms. The molecule has 0 saturated carbocycles. The number of para-hydroxylation sites is 1. The average molecular weight is 453 g/mol. The molecule has 0 fully saturated rings. The molecule has 1 atom stereocenters. The van der Waals surface area contributed by atoms with Gasteiger partial charge >= 0.3 is 0 Å². The van der Waals surface area contributed by atoms with E-state index in [1.807, 2.05) is 38.1 Å². The number of benzene rings is 2. The molecular formula is C22H29ClN2O4S. The van der Waals surface area contributed by atoms with Crippen molar-refractivity contribution >= 4 is 27.3 Å². The van der Waals surface area contributed by atoms with Crippen molar-refractivity contribution in [2.75, 3.05) is 31.1 Å². The van der Waals surface area contributed by atoms with Gasteiger partial charge in [-0.15, -0.1) is 0 Å². The maximum atomic E-state index is 13.3. The van der Waals surface area contributed by atoms with Crippen LogP contribution in [-0.4, -0.2) is 41.5 Å². The van der Waals surface area contributed by atoms with Crippen LogP contribution in [0.15, 0.2) is 47.4 Å². The minimum atomic E-state index is -3.72. The van der Waals surface area contributed by atoms with Gasteiger partial charge in [-0.25, -0.2) is 8.42 Å². The van der Waals surface area contributed by atoms with Gasteiger partial charge in [0, 0.05) is 25.3 Å². The van der Waals surface area contributed by atoms with Gasteiger partial charge in [0.05, 0.1) is 16.6 Å². The van der Waals surface area contributed by atoms with E-state index in [-0.39, 0.29) is 17.2 Å². The third kappa shape index (κ3) is 4.81. The largest absolute Gasteiger partial charge is 0.353 e. The van der Waals surface area contributed by atoms with Crippen molar-refractivity contribution in [2.45, 2.75) is 43.9 Å². The Balaban J connectivity index is 1.89. The van der Waals surface area contributed by atoms with Gasteiger partial charge in [0.2, 0.25) is 0 Å². The summed E-state index contributed by atoms with van der Waals surface area (Å²) < 4.78 is 39.1. The van der Waals surface area contributed by atoms with E-state index in [1.165, 1.54) is 10.4 Å². The number of fused-ring (bicyclic) bond motifs is 2. The number of rotatable bonds is 9. The van der Waals surface area contributed by atoms with Gasteiger partial charge in [-0.2, -0.15) is 0 Å². The van der Waals surface area contributed by atoms with Crippen molar-refractivity contribution in [3.05, 3.63) is 58.6 Å². The van der Waals surface area contributed by atoms with Gasteiger partial charge in [-0.1, -0.05) is 35.9 Å². The van der Waals surface area contributed by atoms with Gasteiger partial charge in [0.1, 0.15) is 0 Å². The minimum absolute atomic E-state index is 0.221. The summed E-state index contributed by atoms with van der Waals surface area (Å²) in [5.41, 5.74) is 2.27. The molecule has 1 heterocycles. The molecule has 1 aliphatic heterocycles. The summed E-state index contributed by atoms with van der Waals surface area (Å²) in [5, 5.41) is 3.94. The van der Waals surface area contributed by atoms with E-state index in [1.54, 1.807) is 19.2 Å². The Morgan fingerprint density at radius 2 is 1.80 bits per heavy atom. The van der Waals surface area contributed by atoms with Crippen molar-refractivity contribution in [1.29, 1.82) is 0 Å². The standard InChI is InChI=1S/C22H29ClN2O4S/c1-4-28-21(29-5-2)11-8-14-24-22-17-9-6-7-10-19(17)25(3)30(26,27)20-15-16(23)12-13-18(20)22/h6-7,9-10,12-13,15,21-22,24H,4-5,8,11,14H2,1-3H3. The molecule has 1 N–H and O–H groups in total. The van der Waals surface area contributed by atoms with Crippen LogP contribution in [0.3, 0.4) is 0 Å². The molecule has 0 aliphatic carbocycles. The molecule has 2 aromatic carbocycles. The number of nitrogens with zero attached hydrogens (tertiary/aromatic N) is 1. The lowest BCUT2D eigenvalue weighted by molar-refractivity contribution is -0.139. The molecule has 0 spiro atoms. The first-order chi connectivity index (χ1) is 14.4. The Morgan fingerprint density at radius 1 is 1.10 bits per heavy atom. The van der Waals surface area contributed by atoms with Crippen molar-refractivity contribution in [2.24, 2.45) is 0 Å². The highest BCUT2D eigenvalue weighted by molar-refractivity contribution is 7.92. The molecule has 30 heavy (non-hydrogen) atoms. The molecule has 3 rings (SSSR count). The normalized spacial score (nSPS) is 17.5. The summed E-state index contributed by atoms with van der Waals surface area (Å²) in [6.45, 7) is 5.79. The average Bonchev–Trinajstić information content (AvgIpc) is 2.79. The van der Waals surface area contributed by atoms with E-state index >= 15 is 0 Å². The van der Waals surface area contributed by atoms with Gasteiger partial charge in [0.25, 0.3) is 10.0 Å². The van der Waals surface area contributed by atoms with E-state index in [0.717, 1.165) is 18.4 Å². The van der Waals surface area contributed by atoms with Crippen LogP contribution in [-0.2, 0) is 19.5 Å². The molecule has 1 aliphatic rings. The molecular weight excluding hydrogens is 424 g/mol. The first-order valence-corrected chi connectivity index (χ1v) is 12.1. The third-order valence-corrected chi connectivity index (χ3v) is 7.24. The third-order valence-electron chi connectivity index (χ3n) is 5.18. The van der Waals surface area contributed by atoms with Gasteiger partial charge < -0.3 is 14.8 Å². The van der Waals surface area contributed by atoms with Crippen LogP contribution >= 0.6 is 11.6 Å². The fourth-order valence-corrected chi connectivity index (χ4v) is 5.47. The summed E-state index contributed by atoms with van der Waals surface area (Å²) >= 11 is 6.15. The lowest BCUT2D eigenvalue weighted by Crippen LogP contribution is -2.26. The zero-order valence-electron chi connectivity index (χ0n) is 17.6. The van der Waals surface area contributed by atoms with Crippen LogP contribution in [0, 0.1) is 0 Å². The lowest BCUT2D eigenvalue weighted by Gasteiger charge is -2.22. The zero-order chi connectivity index (χ0) is 21.7. The molecule has 0 amide bonds. The number of hydrogen-bond acceptors (Lipinski definition) is 5. The molecule has 164 valence electrons. The Labute approximate surface area is 184 Å². The van der Waals surface area contributed by atoms with Gasteiger partial charge in [-0.3, -0.25) is 4.31 Å². The monoisotopic (exact) mass is 452 g/mol. The number of sulfonamides is 1. The Kier molecular flexibility index (Phi) is 7.76. The van der Waals surface area contributed by atoms with Crippen LogP contribution in [0.5, 0.6) is 0 Å². The maximum absolute atomic E-state index is 13.3. The molecule has 2 aromatic rings. The summed E-state index contributed by atoms with van der Waals surface area (Å²) in [7, 11) is -2.14. The highest BCUT2D eigenvalue weighted by Gasteiger charge is 2.34. The first-order valence-electron chi connectivity index (χ1n) is 10.2. The molecule has 0 aromatic heterocycles. The Bertz CT molecular complexity index is 961. The second kappa shape index (κ2) is 10.1. The van der Waals surface area contributed by atoms with E-state index in [4.69, 9.17) is 21.1 Å². The van der Waals surface area contributed by atoms with Crippen LogP contribution in [0.25, 0.3) is 0 Å². The van der Waals surface area contributed by atoms with Crippen LogP contribution in [0.2, 0.25) is 5.02 Å². The van der Waals surface area contributed by atoms with Crippen LogP contribution in [0.4, 0.5) is 5.69 Å². The van der Waals surface area contributed by atoms with Gasteiger partial charge in [-0.05, 0) is 62.6 Å².